The Morgan fingerprint density at radius 2 is 1.90 bits per heavy atom. The van der Waals surface area contributed by atoms with E-state index in [9.17, 15) is 22.4 Å². The molecule has 0 unspecified atom stereocenters. The minimum atomic E-state index is -5.03. The van der Waals surface area contributed by atoms with Gasteiger partial charge in [0.1, 0.15) is 11.5 Å². The monoisotopic (exact) mass is 434 g/mol. The van der Waals surface area contributed by atoms with Gasteiger partial charge in [0.2, 0.25) is 0 Å². The van der Waals surface area contributed by atoms with E-state index in [1.807, 2.05) is 0 Å². The van der Waals surface area contributed by atoms with Crippen LogP contribution in [0.1, 0.15) is 41.0 Å². The van der Waals surface area contributed by atoms with Crippen LogP contribution in [0.15, 0.2) is 36.7 Å². The summed E-state index contributed by atoms with van der Waals surface area (Å²) in [4.78, 5) is 23.0. The molecule has 2 fully saturated rings. The molecule has 2 aliphatic heterocycles. The second-order valence-corrected chi connectivity index (χ2v) is 7.39. The number of hydrogen-bond acceptors (Lipinski definition) is 5. The summed E-state index contributed by atoms with van der Waals surface area (Å²) in [5.41, 5.74) is -2.10. The van der Waals surface area contributed by atoms with E-state index >= 15 is 0 Å². The molecular weight excluding hydrogens is 416 g/mol. The predicted octanol–water partition coefficient (Wildman–Crippen LogP) is 3.32. The number of rotatable bonds is 2. The number of piperazine rings is 1. The number of amides is 1. The van der Waals surface area contributed by atoms with Gasteiger partial charge in [-0.1, -0.05) is 6.07 Å². The number of nitrogens with zero attached hydrogens (tertiary/aromatic N) is 4. The van der Waals surface area contributed by atoms with E-state index < -0.39 is 41.2 Å². The SMILES string of the molecule is N=C(c1ccccn1)N1C[C@@H]2CCC[C@H](C1=N)N2C(=O)c1ccnc(C(F)(F)F)c1F. The molecule has 2 aromatic heterocycles. The van der Waals surface area contributed by atoms with Gasteiger partial charge < -0.3 is 9.80 Å². The van der Waals surface area contributed by atoms with Gasteiger partial charge in [0.05, 0.1) is 17.6 Å². The third-order valence-corrected chi connectivity index (χ3v) is 5.54. The summed E-state index contributed by atoms with van der Waals surface area (Å²) in [6, 6.07) is 4.72. The number of hydrogen-bond donors (Lipinski definition) is 2. The minimum Gasteiger partial charge on any atom is -0.324 e. The fraction of sp³-hybridized carbons (Fsp3) is 0.350. The average molecular weight is 434 g/mol. The molecule has 0 radical (unpaired) electrons. The zero-order valence-electron chi connectivity index (χ0n) is 16.2. The van der Waals surface area contributed by atoms with Crippen LogP contribution >= 0.6 is 0 Å². The van der Waals surface area contributed by atoms with Gasteiger partial charge in [-0.3, -0.25) is 20.6 Å². The Balaban J connectivity index is 1.65. The molecule has 7 nitrogen and oxygen atoms in total. The molecule has 2 N–H and O–H groups in total. The van der Waals surface area contributed by atoms with E-state index in [-0.39, 0.29) is 18.2 Å². The quantitative estimate of drug-likeness (QED) is 0.431. The largest absolute Gasteiger partial charge is 0.436 e. The zero-order valence-corrected chi connectivity index (χ0v) is 16.2. The number of pyridine rings is 2. The highest BCUT2D eigenvalue weighted by atomic mass is 19.4. The van der Waals surface area contributed by atoms with Crippen molar-refractivity contribution < 1.29 is 22.4 Å². The Morgan fingerprint density at radius 1 is 1.13 bits per heavy atom. The molecule has 4 heterocycles. The van der Waals surface area contributed by atoms with Crippen LogP contribution < -0.4 is 0 Å². The Kier molecular flexibility index (Phi) is 5.19. The number of alkyl halides is 3. The summed E-state index contributed by atoms with van der Waals surface area (Å²) in [5, 5.41) is 17.0. The van der Waals surface area contributed by atoms with Crippen molar-refractivity contribution in [3.63, 3.8) is 0 Å². The smallest absolute Gasteiger partial charge is 0.324 e. The first kappa shape index (κ1) is 20.9. The number of aromatic nitrogens is 2. The van der Waals surface area contributed by atoms with Gasteiger partial charge in [0, 0.05) is 18.9 Å². The Bertz CT molecular complexity index is 1040. The zero-order chi connectivity index (χ0) is 22.3. The highest BCUT2D eigenvalue weighted by Crippen LogP contribution is 2.34. The predicted molar refractivity (Wildman–Crippen MR) is 102 cm³/mol. The molecule has 2 saturated heterocycles. The lowest BCUT2D eigenvalue weighted by Gasteiger charge is -2.50. The number of carbonyl (C=O) groups excluding carboxylic acids is 1. The van der Waals surface area contributed by atoms with E-state index in [0.29, 0.717) is 25.0 Å². The second kappa shape index (κ2) is 7.71. The van der Waals surface area contributed by atoms with Gasteiger partial charge in [-0.25, -0.2) is 9.37 Å². The van der Waals surface area contributed by atoms with Crippen LogP contribution in [0.25, 0.3) is 0 Å². The average Bonchev–Trinajstić information content (AvgIpc) is 2.75. The number of likely N-dealkylation sites (tertiary alicyclic amines) is 1. The van der Waals surface area contributed by atoms with Crippen LogP contribution in [-0.4, -0.2) is 56.0 Å². The molecule has 11 heteroatoms. The number of halogens is 4. The number of nitrogens with one attached hydrogen (secondary N) is 2. The summed E-state index contributed by atoms with van der Waals surface area (Å²) in [7, 11) is 0. The molecule has 0 aromatic carbocycles. The van der Waals surface area contributed by atoms with Gasteiger partial charge >= 0.3 is 6.18 Å². The molecule has 2 atom stereocenters. The van der Waals surface area contributed by atoms with Gasteiger partial charge in [-0.2, -0.15) is 13.2 Å². The van der Waals surface area contributed by atoms with Crippen LogP contribution in [0.3, 0.4) is 0 Å². The van der Waals surface area contributed by atoms with Crippen LogP contribution in [0.4, 0.5) is 17.6 Å². The van der Waals surface area contributed by atoms with Crippen molar-refractivity contribution in [2.24, 2.45) is 0 Å². The lowest BCUT2D eigenvalue weighted by atomic mass is 9.89. The number of piperidine rings is 1. The molecule has 2 bridgehead atoms. The topological polar surface area (TPSA) is 97.0 Å². The standard InChI is InChI=1S/C20H18F4N6O/c21-15-12(7-9-28-16(15)20(22,23)24)19(31)30-11-4-3-6-14(30)18(26)29(10-11)17(25)13-5-1-2-8-27-13/h1-2,5,7-9,11,14,25-26H,3-4,6,10H2/t11-,14+/m0/s1. The van der Waals surface area contributed by atoms with Crippen molar-refractivity contribution in [3.05, 3.63) is 59.4 Å². The summed E-state index contributed by atoms with van der Waals surface area (Å²) >= 11 is 0. The van der Waals surface area contributed by atoms with Crippen molar-refractivity contribution in [1.29, 1.82) is 10.8 Å². The molecule has 2 aliphatic rings. The van der Waals surface area contributed by atoms with Crippen molar-refractivity contribution in [2.45, 2.75) is 37.5 Å². The first-order valence-electron chi connectivity index (χ1n) is 9.60. The minimum absolute atomic E-state index is 0.00375. The Labute approximate surface area is 174 Å². The van der Waals surface area contributed by atoms with E-state index in [0.717, 1.165) is 12.3 Å². The third-order valence-electron chi connectivity index (χ3n) is 5.54. The molecule has 4 rings (SSSR count). The summed E-state index contributed by atoms with van der Waals surface area (Å²) in [6.07, 6.45) is -1.11. The van der Waals surface area contributed by atoms with Crippen molar-refractivity contribution in [2.75, 3.05) is 6.54 Å². The van der Waals surface area contributed by atoms with Gasteiger partial charge in [0.25, 0.3) is 5.91 Å². The van der Waals surface area contributed by atoms with E-state index in [1.54, 1.807) is 18.2 Å². The normalized spacial score (nSPS) is 21.2. The molecule has 0 saturated carbocycles. The molecule has 162 valence electrons. The fourth-order valence-corrected chi connectivity index (χ4v) is 4.12. The Morgan fingerprint density at radius 3 is 2.58 bits per heavy atom. The molecule has 2 aromatic rings. The van der Waals surface area contributed by atoms with Crippen LogP contribution in [0.2, 0.25) is 0 Å². The van der Waals surface area contributed by atoms with E-state index in [4.69, 9.17) is 10.8 Å². The highest BCUT2D eigenvalue weighted by molar-refractivity contribution is 6.09. The first-order valence-corrected chi connectivity index (χ1v) is 9.60. The van der Waals surface area contributed by atoms with Crippen molar-refractivity contribution >= 4 is 17.6 Å². The van der Waals surface area contributed by atoms with Crippen molar-refractivity contribution in [3.8, 4) is 0 Å². The summed E-state index contributed by atoms with van der Waals surface area (Å²) in [6.45, 7) is 0.106. The van der Waals surface area contributed by atoms with Crippen LogP contribution in [-0.2, 0) is 6.18 Å². The van der Waals surface area contributed by atoms with Gasteiger partial charge in [-0.15, -0.1) is 0 Å². The van der Waals surface area contributed by atoms with E-state index in [2.05, 4.69) is 9.97 Å². The number of carbonyl (C=O) groups is 1. The fourth-order valence-electron chi connectivity index (χ4n) is 4.12. The number of fused-ring (bicyclic) bond motifs is 2. The van der Waals surface area contributed by atoms with Gasteiger partial charge in [-0.05, 0) is 37.5 Å². The van der Waals surface area contributed by atoms with Crippen LogP contribution in [0.5, 0.6) is 0 Å². The lowest BCUT2D eigenvalue weighted by molar-refractivity contribution is -0.143. The molecule has 1 amide bonds. The lowest BCUT2D eigenvalue weighted by Crippen LogP contribution is -2.66. The van der Waals surface area contributed by atoms with Gasteiger partial charge in [0.15, 0.2) is 17.3 Å². The summed E-state index contributed by atoms with van der Waals surface area (Å²) < 4.78 is 53.6. The molecule has 0 aliphatic carbocycles. The maximum atomic E-state index is 14.5. The molecule has 31 heavy (non-hydrogen) atoms. The Hall–Kier alpha value is -3.37. The van der Waals surface area contributed by atoms with Crippen molar-refractivity contribution in [1.82, 2.24) is 19.8 Å². The molecule has 0 spiro atoms. The van der Waals surface area contributed by atoms with Crippen LogP contribution in [0, 0.1) is 16.6 Å². The maximum absolute atomic E-state index is 14.5. The maximum Gasteiger partial charge on any atom is 0.436 e. The number of amidine groups is 2. The third kappa shape index (κ3) is 3.64. The van der Waals surface area contributed by atoms with E-state index in [1.165, 1.54) is 16.0 Å². The first-order chi connectivity index (χ1) is 14.7. The highest BCUT2D eigenvalue weighted by Gasteiger charge is 2.46. The summed E-state index contributed by atoms with van der Waals surface area (Å²) in [5.74, 6) is -2.66. The second-order valence-electron chi connectivity index (χ2n) is 7.39. The molecular formula is C20H18F4N6O.